The van der Waals surface area contributed by atoms with Crippen LogP contribution < -0.4 is 5.32 Å². The van der Waals surface area contributed by atoms with Crippen LogP contribution in [0.1, 0.15) is 24.0 Å². The van der Waals surface area contributed by atoms with Crippen LogP contribution in [0.15, 0.2) is 24.3 Å². The molecule has 0 spiro atoms. The molecule has 0 amide bonds. The van der Waals surface area contributed by atoms with Gasteiger partial charge in [0.1, 0.15) is 0 Å². The maximum atomic E-state index is 12.5. The number of carboxylic acid groups (broad SMARTS) is 1. The monoisotopic (exact) mass is 273 g/mol. The molecule has 0 bridgehead atoms. The van der Waals surface area contributed by atoms with E-state index in [-0.39, 0.29) is 12.6 Å². The number of benzene rings is 1. The van der Waals surface area contributed by atoms with Gasteiger partial charge in [-0.15, -0.1) is 0 Å². The van der Waals surface area contributed by atoms with E-state index < -0.39 is 23.6 Å². The highest BCUT2D eigenvalue weighted by atomic mass is 19.4. The van der Waals surface area contributed by atoms with Crippen LogP contribution >= 0.6 is 0 Å². The summed E-state index contributed by atoms with van der Waals surface area (Å²) in [6.07, 6.45) is -2.98. The Morgan fingerprint density at radius 3 is 2.63 bits per heavy atom. The summed E-state index contributed by atoms with van der Waals surface area (Å²) in [5.41, 5.74) is -0.180. The summed E-state index contributed by atoms with van der Waals surface area (Å²) in [6, 6.07) is 4.91. The summed E-state index contributed by atoms with van der Waals surface area (Å²) in [7, 11) is 0. The summed E-state index contributed by atoms with van der Waals surface area (Å²) < 4.78 is 37.5. The molecule has 1 saturated carbocycles. The molecule has 3 nitrogen and oxygen atoms in total. The molecule has 2 rings (SSSR count). The van der Waals surface area contributed by atoms with Gasteiger partial charge in [0.2, 0.25) is 0 Å². The molecule has 1 fully saturated rings. The molecular weight excluding hydrogens is 259 g/mol. The van der Waals surface area contributed by atoms with Crippen LogP contribution in [0.2, 0.25) is 0 Å². The lowest BCUT2D eigenvalue weighted by Gasteiger charge is -2.34. The van der Waals surface area contributed by atoms with Gasteiger partial charge < -0.3 is 10.4 Å². The summed E-state index contributed by atoms with van der Waals surface area (Å²) in [5.74, 6) is -1.28. The zero-order chi connectivity index (χ0) is 14.0. The number of carboxylic acids is 1. The Bertz CT molecular complexity index is 473. The molecule has 0 aromatic heterocycles. The minimum absolute atomic E-state index is 0.146. The first-order valence-electron chi connectivity index (χ1n) is 6.00. The first kappa shape index (κ1) is 13.9. The minimum Gasteiger partial charge on any atom is -0.481 e. The van der Waals surface area contributed by atoms with E-state index in [0.717, 1.165) is 18.6 Å². The topological polar surface area (TPSA) is 49.3 Å². The van der Waals surface area contributed by atoms with Gasteiger partial charge in [-0.1, -0.05) is 18.2 Å². The third-order valence-corrected chi connectivity index (χ3v) is 3.41. The Hall–Kier alpha value is -1.56. The molecule has 0 heterocycles. The van der Waals surface area contributed by atoms with Gasteiger partial charge in [-0.3, -0.25) is 4.79 Å². The normalized spacial score (nSPS) is 22.9. The van der Waals surface area contributed by atoms with E-state index in [4.69, 9.17) is 5.11 Å². The average molecular weight is 273 g/mol. The molecule has 1 aromatic rings. The predicted octanol–water partition coefficient (Wildman–Crippen LogP) is 2.66. The van der Waals surface area contributed by atoms with Gasteiger partial charge >= 0.3 is 12.1 Å². The second-order valence-corrected chi connectivity index (χ2v) is 4.71. The van der Waals surface area contributed by atoms with Crippen molar-refractivity contribution in [3.8, 4) is 0 Å². The maximum absolute atomic E-state index is 12.5. The zero-order valence-corrected chi connectivity index (χ0v) is 10.1. The fourth-order valence-corrected chi connectivity index (χ4v) is 2.15. The Kier molecular flexibility index (Phi) is 3.80. The number of rotatable bonds is 4. The smallest absolute Gasteiger partial charge is 0.416 e. The number of aliphatic carboxylic acids is 1. The highest BCUT2D eigenvalue weighted by Gasteiger charge is 2.36. The molecule has 0 aliphatic heterocycles. The first-order chi connectivity index (χ1) is 8.88. The highest BCUT2D eigenvalue weighted by Crippen LogP contribution is 2.30. The zero-order valence-electron chi connectivity index (χ0n) is 10.1. The summed E-state index contributed by atoms with van der Waals surface area (Å²) in [4.78, 5) is 10.8. The fourth-order valence-electron chi connectivity index (χ4n) is 2.15. The number of halogens is 3. The van der Waals surface area contributed by atoms with Gasteiger partial charge in [-0.2, -0.15) is 13.2 Å². The van der Waals surface area contributed by atoms with E-state index in [9.17, 15) is 18.0 Å². The molecule has 0 radical (unpaired) electrons. The van der Waals surface area contributed by atoms with Crippen LogP contribution in [-0.4, -0.2) is 17.1 Å². The number of hydrogen-bond donors (Lipinski definition) is 2. The standard InChI is InChI=1S/C13H14F3NO2/c14-13(15,16)9-3-1-2-8(6-9)7-17-11-5-4-10(11)12(18)19/h1-3,6,10-11,17H,4-5,7H2,(H,18,19). The van der Waals surface area contributed by atoms with Crippen molar-refractivity contribution in [3.05, 3.63) is 35.4 Å². The lowest BCUT2D eigenvalue weighted by molar-refractivity contribution is -0.146. The van der Waals surface area contributed by atoms with Crippen molar-refractivity contribution < 1.29 is 23.1 Å². The maximum Gasteiger partial charge on any atom is 0.416 e. The lowest BCUT2D eigenvalue weighted by Crippen LogP contribution is -2.47. The molecular formula is C13H14F3NO2. The molecule has 2 N–H and O–H groups in total. The van der Waals surface area contributed by atoms with E-state index >= 15 is 0 Å². The SMILES string of the molecule is O=C(O)C1CCC1NCc1cccc(C(F)(F)F)c1. The Morgan fingerprint density at radius 2 is 2.11 bits per heavy atom. The van der Waals surface area contributed by atoms with Crippen molar-refractivity contribution in [3.63, 3.8) is 0 Å². The average Bonchev–Trinajstić information content (AvgIpc) is 2.26. The molecule has 104 valence electrons. The van der Waals surface area contributed by atoms with E-state index in [1.807, 2.05) is 0 Å². The van der Waals surface area contributed by atoms with Crippen LogP contribution in [0.25, 0.3) is 0 Å². The van der Waals surface area contributed by atoms with Gasteiger partial charge in [-0.25, -0.2) is 0 Å². The van der Waals surface area contributed by atoms with Gasteiger partial charge in [0.25, 0.3) is 0 Å². The Morgan fingerprint density at radius 1 is 1.37 bits per heavy atom. The molecule has 1 aliphatic rings. The van der Waals surface area contributed by atoms with Crippen LogP contribution in [-0.2, 0) is 17.5 Å². The predicted molar refractivity (Wildman–Crippen MR) is 62.4 cm³/mol. The molecule has 1 aliphatic carbocycles. The summed E-state index contributed by atoms with van der Waals surface area (Å²) in [6.45, 7) is 0.248. The first-order valence-corrected chi connectivity index (χ1v) is 6.00. The quantitative estimate of drug-likeness (QED) is 0.886. The number of nitrogens with one attached hydrogen (secondary N) is 1. The molecule has 2 atom stereocenters. The number of carbonyl (C=O) groups is 1. The summed E-state index contributed by atoms with van der Waals surface area (Å²) in [5, 5.41) is 11.9. The molecule has 2 unspecified atom stereocenters. The van der Waals surface area contributed by atoms with Crippen molar-refractivity contribution in [1.82, 2.24) is 5.32 Å². The van der Waals surface area contributed by atoms with Crippen molar-refractivity contribution in [1.29, 1.82) is 0 Å². The largest absolute Gasteiger partial charge is 0.481 e. The Balaban J connectivity index is 1.95. The van der Waals surface area contributed by atoms with E-state index in [2.05, 4.69) is 5.32 Å². The number of hydrogen-bond acceptors (Lipinski definition) is 2. The van der Waals surface area contributed by atoms with Crippen molar-refractivity contribution in [2.45, 2.75) is 31.6 Å². The van der Waals surface area contributed by atoms with Crippen LogP contribution in [0.5, 0.6) is 0 Å². The highest BCUT2D eigenvalue weighted by molar-refractivity contribution is 5.72. The van der Waals surface area contributed by atoms with E-state index in [1.54, 1.807) is 6.07 Å². The Labute approximate surface area is 108 Å². The van der Waals surface area contributed by atoms with Crippen LogP contribution in [0, 0.1) is 5.92 Å². The van der Waals surface area contributed by atoms with Crippen LogP contribution in [0.4, 0.5) is 13.2 Å². The third-order valence-electron chi connectivity index (χ3n) is 3.41. The summed E-state index contributed by atoms with van der Waals surface area (Å²) >= 11 is 0. The third kappa shape index (κ3) is 3.26. The van der Waals surface area contributed by atoms with Crippen molar-refractivity contribution in [2.75, 3.05) is 0 Å². The molecule has 6 heteroatoms. The van der Waals surface area contributed by atoms with Crippen LogP contribution in [0.3, 0.4) is 0 Å². The minimum atomic E-state index is -4.35. The van der Waals surface area contributed by atoms with E-state index in [0.29, 0.717) is 12.0 Å². The van der Waals surface area contributed by atoms with E-state index in [1.165, 1.54) is 6.07 Å². The number of alkyl halides is 3. The van der Waals surface area contributed by atoms with Crippen molar-refractivity contribution >= 4 is 5.97 Å². The molecule has 1 aromatic carbocycles. The lowest BCUT2D eigenvalue weighted by atomic mass is 9.79. The molecule has 19 heavy (non-hydrogen) atoms. The van der Waals surface area contributed by atoms with Gasteiger partial charge in [0, 0.05) is 12.6 Å². The molecule has 0 saturated heterocycles. The van der Waals surface area contributed by atoms with Gasteiger partial charge in [0.05, 0.1) is 11.5 Å². The van der Waals surface area contributed by atoms with Crippen molar-refractivity contribution in [2.24, 2.45) is 5.92 Å². The second kappa shape index (κ2) is 5.21. The fraction of sp³-hybridized carbons (Fsp3) is 0.462. The second-order valence-electron chi connectivity index (χ2n) is 4.71. The van der Waals surface area contributed by atoms with Gasteiger partial charge in [-0.05, 0) is 24.5 Å². The van der Waals surface area contributed by atoms with Gasteiger partial charge in [0.15, 0.2) is 0 Å².